The van der Waals surface area contributed by atoms with E-state index in [-0.39, 0.29) is 5.69 Å². The number of aromatic nitrogens is 5. The van der Waals surface area contributed by atoms with Crippen LogP contribution in [0.3, 0.4) is 0 Å². The Morgan fingerprint density at radius 2 is 2.27 bits per heavy atom. The summed E-state index contributed by atoms with van der Waals surface area (Å²) in [5.41, 5.74) is 1.13. The van der Waals surface area contributed by atoms with Crippen LogP contribution < -0.4 is 0 Å². The van der Waals surface area contributed by atoms with Crippen LogP contribution in [-0.4, -0.2) is 35.9 Å². The van der Waals surface area contributed by atoms with Gasteiger partial charge in [0.1, 0.15) is 5.69 Å². The van der Waals surface area contributed by atoms with E-state index in [1.54, 1.807) is 31.0 Å². The van der Waals surface area contributed by atoms with Gasteiger partial charge in [0.05, 0.1) is 18.1 Å². The Morgan fingerprint density at radius 1 is 1.53 bits per heavy atom. The molecular formula is C8H9N5O2. The zero-order valence-corrected chi connectivity index (χ0v) is 8.25. The van der Waals surface area contributed by atoms with Gasteiger partial charge in [-0.05, 0) is 6.92 Å². The molecule has 0 aliphatic carbocycles. The van der Waals surface area contributed by atoms with E-state index in [2.05, 4.69) is 15.4 Å². The number of rotatable bonds is 2. The Morgan fingerprint density at radius 3 is 2.73 bits per heavy atom. The second-order valence-electron chi connectivity index (χ2n) is 3.11. The molecule has 2 aromatic rings. The molecule has 0 aromatic carbocycles. The first kappa shape index (κ1) is 9.38. The number of hydrogen-bond donors (Lipinski definition) is 1. The van der Waals surface area contributed by atoms with E-state index in [1.165, 1.54) is 4.68 Å². The van der Waals surface area contributed by atoms with Gasteiger partial charge >= 0.3 is 5.97 Å². The molecule has 7 nitrogen and oxygen atoms in total. The summed E-state index contributed by atoms with van der Waals surface area (Å²) in [7, 11) is 1.77. The lowest BCUT2D eigenvalue weighted by Gasteiger charge is -1.97. The van der Waals surface area contributed by atoms with Crippen molar-refractivity contribution in [2.75, 3.05) is 0 Å². The minimum absolute atomic E-state index is 0.0427. The van der Waals surface area contributed by atoms with Crippen LogP contribution in [0.2, 0.25) is 0 Å². The quantitative estimate of drug-likeness (QED) is 0.749. The lowest BCUT2D eigenvalue weighted by atomic mass is 10.3. The van der Waals surface area contributed by atoms with Crippen molar-refractivity contribution in [2.45, 2.75) is 6.92 Å². The highest BCUT2D eigenvalue weighted by atomic mass is 16.4. The molecule has 7 heteroatoms. The number of carboxylic acid groups (broad SMARTS) is 1. The van der Waals surface area contributed by atoms with Crippen LogP contribution in [0.25, 0.3) is 5.69 Å². The van der Waals surface area contributed by atoms with E-state index in [4.69, 9.17) is 5.11 Å². The lowest BCUT2D eigenvalue weighted by molar-refractivity contribution is 0.0689. The first-order chi connectivity index (χ1) is 7.09. The van der Waals surface area contributed by atoms with Gasteiger partial charge in [-0.15, -0.1) is 5.10 Å². The van der Waals surface area contributed by atoms with Crippen molar-refractivity contribution in [3.8, 4) is 5.69 Å². The van der Waals surface area contributed by atoms with Crippen LogP contribution in [0.15, 0.2) is 12.4 Å². The maximum Gasteiger partial charge on any atom is 0.358 e. The minimum Gasteiger partial charge on any atom is -0.476 e. The second-order valence-corrected chi connectivity index (χ2v) is 3.11. The summed E-state index contributed by atoms with van der Waals surface area (Å²) in [5, 5.41) is 20.1. The van der Waals surface area contributed by atoms with Gasteiger partial charge in [0, 0.05) is 7.05 Å². The fourth-order valence-corrected chi connectivity index (χ4v) is 1.29. The third-order valence-corrected chi connectivity index (χ3v) is 2.03. The number of carboxylic acids is 1. The van der Waals surface area contributed by atoms with Crippen LogP contribution >= 0.6 is 0 Å². The summed E-state index contributed by atoms with van der Waals surface area (Å²) in [6.45, 7) is 1.65. The van der Waals surface area contributed by atoms with Gasteiger partial charge in [0.25, 0.3) is 0 Å². The molecule has 0 aliphatic rings. The molecule has 1 N–H and O–H groups in total. The standard InChI is InChI=1S/C8H9N5O2/c1-5-7(8(14)15)10-11-13(5)6-3-9-12(2)4-6/h3-4H,1-2H3,(H,14,15). The summed E-state index contributed by atoms with van der Waals surface area (Å²) in [6, 6.07) is 0. The number of hydrogen-bond acceptors (Lipinski definition) is 4. The SMILES string of the molecule is Cc1c(C(=O)O)nnn1-c1cnn(C)c1. The fourth-order valence-electron chi connectivity index (χ4n) is 1.29. The molecule has 2 heterocycles. The Kier molecular flexibility index (Phi) is 2.00. The Hall–Kier alpha value is -2.18. The van der Waals surface area contributed by atoms with E-state index in [0.29, 0.717) is 11.4 Å². The Labute approximate surface area is 84.9 Å². The molecule has 2 rings (SSSR count). The Balaban J connectivity index is 2.50. The van der Waals surface area contributed by atoms with E-state index >= 15 is 0 Å². The number of carbonyl (C=O) groups is 1. The highest BCUT2D eigenvalue weighted by Crippen LogP contribution is 2.10. The zero-order chi connectivity index (χ0) is 11.0. The summed E-state index contributed by atoms with van der Waals surface area (Å²) in [5.74, 6) is -1.08. The summed E-state index contributed by atoms with van der Waals surface area (Å²) in [6.07, 6.45) is 3.32. The van der Waals surface area contributed by atoms with Gasteiger partial charge in [0.15, 0.2) is 5.69 Å². The smallest absolute Gasteiger partial charge is 0.358 e. The maximum absolute atomic E-state index is 10.7. The monoisotopic (exact) mass is 207 g/mol. The van der Waals surface area contributed by atoms with Crippen LogP contribution in [0.5, 0.6) is 0 Å². The highest BCUT2D eigenvalue weighted by Gasteiger charge is 2.16. The lowest BCUT2D eigenvalue weighted by Crippen LogP contribution is -2.02. The fraction of sp³-hybridized carbons (Fsp3) is 0.250. The average Bonchev–Trinajstić information content (AvgIpc) is 2.71. The van der Waals surface area contributed by atoms with Crippen molar-refractivity contribution < 1.29 is 9.90 Å². The molecule has 0 unspecified atom stereocenters. The molecule has 0 spiro atoms. The van der Waals surface area contributed by atoms with Gasteiger partial charge in [-0.1, -0.05) is 5.21 Å². The first-order valence-electron chi connectivity index (χ1n) is 4.24. The van der Waals surface area contributed by atoms with Gasteiger partial charge in [-0.3, -0.25) is 4.68 Å². The van der Waals surface area contributed by atoms with Gasteiger partial charge in [-0.25, -0.2) is 9.48 Å². The summed E-state index contributed by atoms with van der Waals surface area (Å²) < 4.78 is 3.05. The third kappa shape index (κ3) is 1.47. The molecule has 0 radical (unpaired) electrons. The molecule has 0 saturated carbocycles. The van der Waals surface area contributed by atoms with Crippen molar-refractivity contribution in [2.24, 2.45) is 7.05 Å². The molecule has 78 valence electrons. The first-order valence-corrected chi connectivity index (χ1v) is 4.24. The summed E-state index contributed by atoms with van der Waals surface area (Å²) in [4.78, 5) is 10.7. The second kappa shape index (κ2) is 3.19. The molecule has 0 bridgehead atoms. The van der Waals surface area contributed by atoms with E-state index in [9.17, 15) is 4.79 Å². The van der Waals surface area contributed by atoms with Crippen LogP contribution in [0.4, 0.5) is 0 Å². The normalized spacial score (nSPS) is 10.5. The number of aromatic carboxylic acids is 1. The molecular weight excluding hydrogens is 198 g/mol. The molecule has 15 heavy (non-hydrogen) atoms. The van der Waals surface area contributed by atoms with Gasteiger partial charge in [0.2, 0.25) is 0 Å². The van der Waals surface area contributed by atoms with E-state index in [0.717, 1.165) is 0 Å². The topological polar surface area (TPSA) is 85.8 Å². The largest absolute Gasteiger partial charge is 0.476 e. The van der Waals surface area contributed by atoms with Gasteiger partial charge < -0.3 is 5.11 Å². The van der Waals surface area contributed by atoms with Crippen LogP contribution in [0.1, 0.15) is 16.2 Å². The third-order valence-electron chi connectivity index (χ3n) is 2.03. The van der Waals surface area contributed by atoms with Crippen molar-refractivity contribution in [3.05, 3.63) is 23.8 Å². The zero-order valence-electron chi connectivity index (χ0n) is 8.25. The minimum atomic E-state index is -1.08. The average molecular weight is 207 g/mol. The molecule has 0 amide bonds. The molecule has 0 saturated heterocycles. The number of aryl methyl sites for hydroxylation is 1. The number of nitrogens with zero attached hydrogens (tertiary/aromatic N) is 5. The van der Waals surface area contributed by atoms with Crippen molar-refractivity contribution in [1.82, 2.24) is 24.8 Å². The maximum atomic E-state index is 10.7. The predicted octanol–water partition coefficient (Wildman–Crippen LogP) is 0.00742. The predicted molar refractivity (Wildman–Crippen MR) is 49.8 cm³/mol. The van der Waals surface area contributed by atoms with Crippen molar-refractivity contribution >= 4 is 5.97 Å². The van der Waals surface area contributed by atoms with Crippen molar-refractivity contribution in [1.29, 1.82) is 0 Å². The highest BCUT2D eigenvalue weighted by molar-refractivity contribution is 5.86. The summed E-state index contributed by atoms with van der Waals surface area (Å²) >= 11 is 0. The molecule has 0 fully saturated rings. The van der Waals surface area contributed by atoms with Crippen LogP contribution in [0, 0.1) is 6.92 Å². The molecule has 2 aromatic heterocycles. The van der Waals surface area contributed by atoms with Gasteiger partial charge in [-0.2, -0.15) is 5.10 Å². The van der Waals surface area contributed by atoms with Crippen LogP contribution in [-0.2, 0) is 7.05 Å². The molecule has 0 atom stereocenters. The van der Waals surface area contributed by atoms with E-state index < -0.39 is 5.97 Å². The molecule has 0 aliphatic heterocycles. The Bertz CT molecular complexity index is 513. The van der Waals surface area contributed by atoms with E-state index in [1.807, 2.05) is 0 Å². The van der Waals surface area contributed by atoms with Crippen molar-refractivity contribution in [3.63, 3.8) is 0 Å².